The number of likely N-dealkylation sites (tertiary alicyclic amines) is 1. The number of ether oxygens (including phenoxy) is 2. The van der Waals surface area contributed by atoms with Crippen molar-refractivity contribution in [1.29, 1.82) is 0 Å². The lowest BCUT2D eigenvalue weighted by Crippen LogP contribution is -2.60. The summed E-state index contributed by atoms with van der Waals surface area (Å²) in [7, 11) is 2.19. The van der Waals surface area contributed by atoms with Crippen molar-refractivity contribution in [2.75, 3.05) is 41.4 Å². The number of hydrogen-bond acceptors (Lipinski definition) is 10. The highest BCUT2D eigenvalue weighted by Crippen LogP contribution is 2.30. The molecule has 0 spiro atoms. The minimum Gasteiger partial charge on any atom is -0.481 e. The third-order valence-corrected chi connectivity index (χ3v) is 14.0. The molecule has 3 rings (SSSR count). The third-order valence-electron chi connectivity index (χ3n) is 13.1. The zero-order chi connectivity index (χ0) is 50.2. The molecule has 17 heteroatoms. The molecule has 4 amide bonds. The van der Waals surface area contributed by atoms with Crippen molar-refractivity contribution >= 4 is 45.8 Å². The maximum atomic E-state index is 14.5. The molecule has 0 aromatic heterocycles. The monoisotopic (exact) mass is 956 g/mol. The fraction of sp³-hybridized carbons (Fsp3) is 0.620. The zero-order valence-electron chi connectivity index (χ0n) is 41.4. The van der Waals surface area contributed by atoms with Crippen LogP contribution < -0.4 is 10.6 Å². The predicted octanol–water partition coefficient (Wildman–Crippen LogP) is 5.56. The van der Waals surface area contributed by atoms with Gasteiger partial charge in [-0.1, -0.05) is 110 Å². The van der Waals surface area contributed by atoms with Crippen molar-refractivity contribution < 1.29 is 51.5 Å². The number of hydrogen-bond donors (Lipinski definition) is 4. The highest BCUT2D eigenvalue weighted by Gasteiger charge is 2.43. The Labute approximate surface area is 398 Å². The number of nitrogens with zero attached hydrogens (tertiary/aromatic N) is 3. The van der Waals surface area contributed by atoms with Crippen molar-refractivity contribution in [3.05, 3.63) is 71.8 Å². The molecule has 2 aromatic rings. The molecule has 16 nitrogen and oxygen atoms in total. The first kappa shape index (κ1) is 56.6. The van der Waals surface area contributed by atoms with Crippen LogP contribution in [0, 0.1) is 23.7 Å². The topological polar surface area (TPSA) is 212 Å². The summed E-state index contributed by atoms with van der Waals surface area (Å²) in [5, 5.41) is 15.3. The Kier molecular flexibility index (Phi) is 22.6. The molecule has 4 N–H and O–H groups in total. The Morgan fingerprint density at radius 2 is 1.54 bits per heavy atom. The summed E-state index contributed by atoms with van der Waals surface area (Å²) in [6.45, 7) is 14.2. The fourth-order valence-electron chi connectivity index (χ4n) is 9.24. The van der Waals surface area contributed by atoms with Crippen LogP contribution in [0.3, 0.4) is 0 Å². The van der Waals surface area contributed by atoms with Crippen LogP contribution in [0.25, 0.3) is 6.08 Å². The van der Waals surface area contributed by atoms with Crippen LogP contribution in [0.15, 0.2) is 65.6 Å². The van der Waals surface area contributed by atoms with E-state index in [1.807, 2.05) is 82.9 Å². The Morgan fingerprint density at radius 1 is 0.896 bits per heavy atom. The van der Waals surface area contributed by atoms with E-state index >= 15 is 0 Å². The lowest BCUT2D eigenvalue weighted by atomic mass is 9.89. The molecular weight excluding hydrogens is 879 g/mol. The van der Waals surface area contributed by atoms with Gasteiger partial charge in [0.15, 0.2) is 0 Å². The number of amides is 4. The van der Waals surface area contributed by atoms with Crippen molar-refractivity contribution in [3.63, 3.8) is 0 Å². The summed E-state index contributed by atoms with van der Waals surface area (Å²) < 4.78 is 44.6. The highest BCUT2D eigenvalue weighted by atomic mass is 32.2. The minimum absolute atomic E-state index is 0.0169. The van der Waals surface area contributed by atoms with E-state index in [1.54, 1.807) is 49.0 Å². The standard InChI is InChI=1S/C50H77N5O11S/c1-12-34(6)46(54(9)50(61)44(32(2)3)52-49(60)45(33(4)5)53(8)28-17-21-43(57)58)41(65-10)31-42(56)55-29-16-20-40(55)47(66-11)35(7)48(59)51-38(30-37-18-14-13-15-19-37)25-22-36-23-26-39(27-24-36)67(62,63)64/h13-15,18-19,22-27,32-35,38,40-41,44-47H,12,16-17,20-21,28-31H2,1-11H3,(H,51,59)(H,52,60)(H,57,58)(H,62,63,64)/b25-22+/t34?,35?,38?,40-,41?,44?,45?,46?,47?/m0/s1. The zero-order valence-corrected chi connectivity index (χ0v) is 42.2. The number of carbonyl (C=O) groups excluding carboxylic acids is 4. The molecule has 2 aromatic carbocycles. The lowest BCUT2D eigenvalue weighted by Gasteiger charge is -2.41. The number of carbonyl (C=O) groups is 5. The molecule has 9 atom stereocenters. The molecule has 0 radical (unpaired) electrons. The van der Waals surface area contributed by atoms with Crippen LogP contribution in [-0.4, -0.2) is 146 Å². The van der Waals surface area contributed by atoms with Gasteiger partial charge in [-0.2, -0.15) is 8.42 Å². The van der Waals surface area contributed by atoms with E-state index in [2.05, 4.69) is 10.6 Å². The first-order valence-electron chi connectivity index (χ1n) is 23.5. The van der Waals surface area contributed by atoms with E-state index in [1.165, 1.54) is 26.4 Å². The van der Waals surface area contributed by atoms with Gasteiger partial charge in [-0.15, -0.1) is 0 Å². The molecule has 67 heavy (non-hydrogen) atoms. The SMILES string of the molecule is CCC(C)C(C(CC(=O)N1CCC[C@H]1C(OC)C(C)C(=O)NC(/C=C/c1ccc(S(=O)(=O)O)cc1)Cc1ccccc1)OC)N(C)C(=O)C(NC(=O)C(C(C)C)N(C)CCCC(=O)O)C(C)C. The second-order valence-electron chi connectivity index (χ2n) is 18.7. The number of benzene rings is 2. The maximum absolute atomic E-state index is 14.5. The van der Waals surface area contributed by atoms with Gasteiger partial charge in [-0.3, -0.25) is 33.4 Å². The Morgan fingerprint density at radius 3 is 2.07 bits per heavy atom. The molecule has 1 aliphatic rings. The molecule has 1 heterocycles. The largest absolute Gasteiger partial charge is 0.481 e. The number of rotatable bonds is 27. The van der Waals surface area contributed by atoms with Gasteiger partial charge in [0, 0.05) is 34.2 Å². The Hall–Kier alpha value is -4.68. The summed E-state index contributed by atoms with van der Waals surface area (Å²) >= 11 is 0. The van der Waals surface area contributed by atoms with Gasteiger partial charge in [0.1, 0.15) is 6.04 Å². The summed E-state index contributed by atoms with van der Waals surface area (Å²) in [5.41, 5.74) is 1.65. The molecule has 1 fully saturated rings. The van der Waals surface area contributed by atoms with Gasteiger partial charge in [-0.05, 0) is 80.3 Å². The Balaban J connectivity index is 1.81. The minimum atomic E-state index is -4.35. The van der Waals surface area contributed by atoms with E-state index in [-0.39, 0.29) is 59.1 Å². The van der Waals surface area contributed by atoms with Crippen molar-refractivity contribution in [2.45, 2.75) is 141 Å². The molecule has 0 saturated carbocycles. The van der Waals surface area contributed by atoms with E-state index < -0.39 is 64.4 Å². The fourth-order valence-corrected chi connectivity index (χ4v) is 9.72. The normalized spacial score (nSPS) is 18.0. The van der Waals surface area contributed by atoms with Gasteiger partial charge >= 0.3 is 5.97 Å². The van der Waals surface area contributed by atoms with Crippen LogP contribution in [0.5, 0.6) is 0 Å². The van der Waals surface area contributed by atoms with E-state index in [9.17, 15) is 36.9 Å². The van der Waals surface area contributed by atoms with E-state index in [0.29, 0.717) is 50.8 Å². The first-order valence-corrected chi connectivity index (χ1v) is 24.9. The molecular formula is C50H77N5O11S. The quantitative estimate of drug-likeness (QED) is 0.0812. The van der Waals surface area contributed by atoms with Crippen molar-refractivity contribution in [2.24, 2.45) is 23.7 Å². The molecule has 0 bridgehead atoms. The van der Waals surface area contributed by atoms with Crippen LogP contribution in [0.4, 0.5) is 0 Å². The van der Waals surface area contributed by atoms with Gasteiger partial charge in [0.05, 0.1) is 53.6 Å². The number of carboxylic acid groups (broad SMARTS) is 1. The first-order chi connectivity index (χ1) is 31.5. The van der Waals surface area contributed by atoms with Crippen LogP contribution in [0.1, 0.15) is 98.1 Å². The number of aliphatic carboxylic acids is 1. The van der Waals surface area contributed by atoms with Crippen LogP contribution in [0.2, 0.25) is 0 Å². The molecule has 1 aliphatic heterocycles. The van der Waals surface area contributed by atoms with Gasteiger partial charge in [0.25, 0.3) is 10.1 Å². The van der Waals surface area contributed by atoms with Gasteiger partial charge < -0.3 is 35.0 Å². The number of nitrogens with one attached hydrogen (secondary N) is 2. The van der Waals surface area contributed by atoms with E-state index in [0.717, 1.165) is 5.56 Å². The average molecular weight is 956 g/mol. The lowest BCUT2D eigenvalue weighted by molar-refractivity contribution is -0.148. The second kappa shape index (κ2) is 26.8. The van der Waals surface area contributed by atoms with Crippen molar-refractivity contribution in [1.82, 2.24) is 25.3 Å². The van der Waals surface area contributed by atoms with Gasteiger partial charge in [-0.25, -0.2) is 0 Å². The van der Waals surface area contributed by atoms with Crippen molar-refractivity contribution in [3.8, 4) is 0 Å². The molecule has 8 unspecified atom stereocenters. The molecule has 0 aliphatic carbocycles. The molecule has 1 saturated heterocycles. The summed E-state index contributed by atoms with van der Waals surface area (Å²) in [6.07, 6.45) is 5.02. The molecule has 374 valence electrons. The average Bonchev–Trinajstić information content (AvgIpc) is 3.76. The van der Waals surface area contributed by atoms with E-state index in [4.69, 9.17) is 14.6 Å². The third kappa shape index (κ3) is 16.5. The number of carboxylic acids is 1. The highest BCUT2D eigenvalue weighted by molar-refractivity contribution is 7.85. The maximum Gasteiger partial charge on any atom is 0.303 e. The van der Waals surface area contributed by atoms with Crippen LogP contribution in [-0.2, 0) is 50.0 Å². The summed E-state index contributed by atoms with van der Waals surface area (Å²) in [6, 6.07) is 12.5. The second-order valence-corrected chi connectivity index (χ2v) is 20.1. The van der Waals surface area contributed by atoms with Gasteiger partial charge in [0.2, 0.25) is 23.6 Å². The summed E-state index contributed by atoms with van der Waals surface area (Å²) in [5.74, 6) is -3.18. The number of methoxy groups -OCH3 is 2. The van der Waals surface area contributed by atoms with Crippen LogP contribution >= 0.6 is 0 Å². The smallest absolute Gasteiger partial charge is 0.303 e. The Bertz CT molecular complexity index is 2050. The predicted molar refractivity (Wildman–Crippen MR) is 258 cm³/mol. The summed E-state index contributed by atoms with van der Waals surface area (Å²) in [4.78, 5) is 73.1. The number of likely N-dealkylation sites (N-methyl/N-ethyl adjacent to an activating group) is 2.